The van der Waals surface area contributed by atoms with Gasteiger partial charge in [0.15, 0.2) is 11.1 Å². The summed E-state index contributed by atoms with van der Waals surface area (Å²) in [6.45, 7) is 1.98. The molecule has 1 unspecified atom stereocenters. The van der Waals surface area contributed by atoms with Gasteiger partial charge in [-0.15, -0.1) is 0 Å². The van der Waals surface area contributed by atoms with Crippen LogP contribution in [-0.2, 0) is 35.3 Å². The minimum Gasteiger partial charge on any atom is -0.462 e. The number of benzene rings is 1. The van der Waals surface area contributed by atoms with Gasteiger partial charge in [0.2, 0.25) is 0 Å². The van der Waals surface area contributed by atoms with Crippen LogP contribution in [-0.4, -0.2) is 21.3 Å². The summed E-state index contributed by atoms with van der Waals surface area (Å²) in [7, 11) is 0. The molecule has 0 heterocycles. The summed E-state index contributed by atoms with van der Waals surface area (Å²) in [5.41, 5.74) is 0.284. The molecule has 0 saturated heterocycles. The van der Waals surface area contributed by atoms with E-state index in [1.54, 1.807) is 6.92 Å². The van der Waals surface area contributed by atoms with E-state index in [-0.39, 0.29) is 36.5 Å². The quantitative estimate of drug-likeness (QED) is 0.517. The van der Waals surface area contributed by atoms with E-state index in [0.29, 0.717) is 0 Å². The van der Waals surface area contributed by atoms with Crippen LogP contribution in [0, 0.1) is 0 Å². The largest absolute Gasteiger partial charge is 0.462 e. The van der Waals surface area contributed by atoms with Gasteiger partial charge < -0.3 is 9.29 Å². The first-order valence-corrected chi connectivity index (χ1v) is 5.14. The van der Waals surface area contributed by atoms with E-state index in [1.165, 1.54) is 24.3 Å². The van der Waals surface area contributed by atoms with Gasteiger partial charge in [0.25, 0.3) is 0 Å². The second kappa shape index (κ2) is 6.82. The van der Waals surface area contributed by atoms with E-state index in [4.69, 9.17) is 9.29 Å². The predicted octanol–water partition coefficient (Wildman–Crippen LogP) is 1.44. The van der Waals surface area contributed by atoms with E-state index in [2.05, 4.69) is 0 Å². The van der Waals surface area contributed by atoms with Crippen molar-refractivity contribution < 1.29 is 37.8 Å². The third-order valence-corrected chi connectivity index (χ3v) is 2.20. The summed E-state index contributed by atoms with van der Waals surface area (Å²) < 4.78 is 24.2. The predicted molar refractivity (Wildman–Crippen MR) is 51.4 cm³/mol. The van der Waals surface area contributed by atoms with Crippen molar-refractivity contribution >= 4 is 17.0 Å². The Kier molecular flexibility index (Phi) is 6.56. The number of hydrogen-bond acceptors (Lipinski definition) is 3. The van der Waals surface area contributed by atoms with Crippen LogP contribution in [0.5, 0.6) is 0 Å². The molecule has 1 N–H and O–H groups in total. The first kappa shape index (κ1) is 14.4. The maximum absolute atomic E-state index is 11.2. The molecule has 0 bridgehead atoms. The molecule has 4 nitrogen and oxygen atoms in total. The first-order chi connectivity index (χ1) is 6.65. The summed E-state index contributed by atoms with van der Waals surface area (Å²) >= 11 is -2.07. The van der Waals surface area contributed by atoms with Crippen LogP contribution in [0.3, 0.4) is 0 Å². The fourth-order valence-corrected chi connectivity index (χ4v) is 1.37. The number of carbonyl (C=O) groups is 1. The molecule has 0 aliphatic carbocycles. The molecule has 0 aliphatic heterocycles. The average Bonchev–Trinajstić information content (AvgIpc) is 2.18. The third kappa shape index (κ3) is 4.20. The summed E-state index contributed by atoms with van der Waals surface area (Å²) in [4.78, 5) is 11.4. The van der Waals surface area contributed by atoms with Gasteiger partial charge >= 0.3 is 5.97 Å². The van der Waals surface area contributed by atoms with Gasteiger partial charge in [0.1, 0.15) is 0 Å². The molecule has 15 heavy (non-hydrogen) atoms. The van der Waals surface area contributed by atoms with Crippen LogP contribution < -0.4 is 0 Å². The number of carbonyl (C=O) groups excluding carboxylic acids is 1. The van der Waals surface area contributed by atoms with Gasteiger partial charge in [-0.05, 0) is 25.1 Å². The van der Waals surface area contributed by atoms with Crippen molar-refractivity contribution in [2.24, 2.45) is 0 Å². The summed E-state index contributed by atoms with van der Waals surface area (Å²) in [5.74, 6) is -0.486. The second-order valence-corrected chi connectivity index (χ2v) is 3.47. The summed E-state index contributed by atoms with van der Waals surface area (Å²) in [6, 6.07) is 5.89. The van der Waals surface area contributed by atoms with E-state index in [9.17, 15) is 9.00 Å². The Hall–Kier alpha value is -0.577. The van der Waals surface area contributed by atoms with Gasteiger partial charge in [-0.2, -0.15) is 0 Å². The van der Waals surface area contributed by atoms with Gasteiger partial charge in [-0.25, -0.2) is 9.00 Å². The van der Waals surface area contributed by atoms with E-state index in [1.807, 2.05) is 0 Å². The number of esters is 1. The standard InChI is InChI=1S/C9H10O4S.Zn/c1-2-13-9(10)7-4-3-5-8(6-7)14(11)12;/h3-6H,2H2,1H3,(H,11,12);. The number of ether oxygens (including phenoxy) is 1. The van der Waals surface area contributed by atoms with Crippen LogP contribution in [0.2, 0.25) is 0 Å². The van der Waals surface area contributed by atoms with Gasteiger partial charge in [-0.3, -0.25) is 0 Å². The van der Waals surface area contributed by atoms with Crippen LogP contribution in [0.4, 0.5) is 0 Å². The molecule has 0 saturated carbocycles. The topological polar surface area (TPSA) is 63.6 Å². The van der Waals surface area contributed by atoms with Crippen molar-refractivity contribution in [3.05, 3.63) is 29.8 Å². The smallest absolute Gasteiger partial charge is 0.338 e. The van der Waals surface area contributed by atoms with E-state index < -0.39 is 17.0 Å². The van der Waals surface area contributed by atoms with Crippen molar-refractivity contribution in [2.45, 2.75) is 11.8 Å². The molecule has 0 amide bonds. The number of rotatable bonds is 3. The monoisotopic (exact) mass is 278 g/mol. The molecule has 1 aromatic carbocycles. The normalized spacial score (nSPS) is 11.3. The van der Waals surface area contributed by atoms with Crippen LogP contribution >= 0.6 is 0 Å². The zero-order valence-corrected chi connectivity index (χ0v) is 12.1. The second-order valence-electron chi connectivity index (χ2n) is 2.50. The summed E-state index contributed by atoms with van der Waals surface area (Å²) in [6.07, 6.45) is 0. The van der Waals surface area contributed by atoms with Gasteiger partial charge in [0.05, 0.1) is 17.1 Å². The Morgan fingerprint density at radius 3 is 2.73 bits per heavy atom. The minimum absolute atomic E-state index is 0. The van der Waals surface area contributed by atoms with Crippen LogP contribution in [0.25, 0.3) is 0 Å². The molecule has 1 rings (SSSR count). The molecule has 6 heteroatoms. The molecular weight excluding hydrogens is 270 g/mol. The fraction of sp³-hybridized carbons (Fsp3) is 0.222. The molecular formula is C9H10O4SZn. The average molecular weight is 280 g/mol. The van der Waals surface area contributed by atoms with Crippen molar-refractivity contribution in [3.8, 4) is 0 Å². The van der Waals surface area contributed by atoms with Gasteiger partial charge in [-0.1, -0.05) is 6.07 Å². The Morgan fingerprint density at radius 2 is 2.20 bits per heavy atom. The van der Waals surface area contributed by atoms with Crippen LogP contribution in [0.15, 0.2) is 29.2 Å². The molecule has 1 atom stereocenters. The van der Waals surface area contributed by atoms with Crippen molar-refractivity contribution in [1.29, 1.82) is 0 Å². The number of hydrogen-bond donors (Lipinski definition) is 1. The van der Waals surface area contributed by atoms with E-state index in [0.717, 1.165) is 0 Å². The minimum atomic E-state index is -2.07. The Bertz CT molecular complexity index is 367. The van der Waals surface area contributed by atoms with Crippen molar-refractivity contribution in [3.63, 3.8) is 0 Å². The fourth-order valence-electron chi connectivity index (χ4n) is 0.946. The van der Waals surface area contributed by atoms with Crippen molar-refractivity contribution in [2.75, 3.05) is 6.61 Å². The Balaban J connectivity index is 0.00000196. The zero-order chi connectivity index (χ0) is 10.6. The molecule has 0 fully saturated rings. The molecule has 78 valence electrons. The SMILES string of the molecule is CCOC(=O)c1cccc(S(=O)O)c1.[Zn]. The molecule has 0 spiro atoms. The van der Waals surface area contributed by atoms with Crippen LogP contribution in [0.1, 0.15) is 17.3 Å². The molecule has 0 aromatic heterocycles. The first-order valence-electron chi connectivity index (χ1n) is 4.03. The zero-order valence-electron chi connectivity index (χ0n) is 8.30. The van der Waals surface area contributed by atoms with Gasteiger partial charge in [0, 0.05) is 19.5 Å². The third-order valence-electron chi connectivity index (χ3n) is 1.55. The molecule has 0 radical (unpaired) electrons. The molecule has 1 aromatic rings. The summed E-state index contributed by atoms with van der Waals surface area (Å²) in [5, 5.41) is 0. The van der Waals surface area contributed by atoms with E-state index >= 15 is 0 Å². The Morgan fingerprint density at radius 1 is 1.53 bits per heavy atom. The Labute approximate surface area is 103 Å². The molecule has 0 aliphatic rings. The maximum Gasteiger partial charge on any atom is 0.338 e. The van der Waals surface area contributed by atoms with Crippen molar-refractivity contribution in [1.82, 2.24) is 0 Å². The maximum atomic E-state index is 11.2.